The second-order valence-electron chi connectivity index (χ2n) is 5.36. The highest BCUT2D eigenvalue weighted by molar-refractivity contribution is 8.03. The van der Waals surface area contributed by atoms with E-state index in [0.717, 1.165) is 17.7 Å². The Morgan fingerprint density at radius 2 is 1.82 bits per heavy atom. The first-order chi connectivity index (χ1) is 10.5. The fourth-order valence-electron chi connectivity index (χ4n) is 2.32. The monoisotopic (exact) mass is 312 g/mol. The first kappa shape index (κ1) is 18.6. The van der Waals surface area contributed by atoms with Crippen LogP contribution in [0.25, 0.3) is 5.57 Å². The largest absolute Gasteiger partial charge is 0.126 e. The van der Waals surface area contributed by atoms with Gasteiger partial charge in [0.2, 0.25) is 0 Å². The first-order valence-corrected chi connectivity index (χ1v) is 8.96. The van der Waals surface area contributed by atoms with Crippen LogP contribution in [0.4, 0.5) is 0 Å². The molecule has 1 rings (SSSR count). The number of aryl methyl sites for hydroxylation is 1. The Labute approximate surface area is 140 Å². The van der Waals surface area contributed by atoms with E-state index in [0.29, 0.717) is 0 Å². The predicted molar refractivity (Wildman–Crippen MR) is 104 cm³/mol. The minimum atomic E-state index is 1.03. The first-order valence-electron chi connectivity index (χ1n) is 7.97. The Morgan fingerprint density at radius 1 is 1.18 bits per heavy atom. The molecule has 0 aliphatic rings. The molecule has 0 spiro atoms. The molecule has 0 N–H and O–H groups in total. The van der Waals surface area contributed by atoms with Gasteiger partial charge in [0, 0.05) is 4.91 Å². The molecule has 1 aromatic carbocycles. The van der Waals surface area contributed by atoms with Crippen molar-refractivity contribution >= 4 is 17.3 Å². The van der Waals surface area contributed by atoms with E-state index < -0.39 is 0 Å². The van der Waals surface area contributed by atoms with Gasteiger partial charge in [-0.15, -0.1) is 11.8 Å². The molecular formula is C21H28S. The van der Waals surface area contributed by atoms with Gasteiger partial charge in [-0.1, -0.05) is 68.0 Å². The molecule has 0 radical (unpaired) electrons. The number of thioether (sulfide) groups is 1. The fraction of sp³-hybridized carbons (Fsp3) is 0.333. The topological polar surface area (TPSA) is 0 Å². The predicted octanol–water partition coefficient (Wildman–Crippen LogP) is 6.95. The van der Waals surface area contributed by atoms with E-state index in [-0.39, 0.29) is 0 Å². The van der Waals surface area contributed by atoms with Gasteiger partial charge in [-0.2, -0.15) is 0 Å². The number of hydrogen-bond acceptors (Lipinski definition) is 1. The Bertz CT molecular complexity index is 583. The number of hydrogen-bond donors (Lipinski definition) is 0. The lowest BCUT2D eigenvalue weighted by Crippen LogP contribution is -1.91. The van der Waals surface area contributed by atoms with E-state index in [4.69, 9.17) is 0 Å². The molecule has 0 bridgehead atoms. The molecule has 0 fully saturated rings. The third kappa shape index (κ3) is 5.38. The van der Waals surface area contributed by atoms with Gasteiger partial charge in [-0.3, -0.25) is 0 Å². The molecular weight excluding hydrogens is 284 g/mol. The molecule has 0 amide bonds. The van der Waals surface area contributed by atoms with Crippen molar-refractivity contribution in [1.29, 1.82) is 0 Å². The van der Waals surface area contributed by atoms with Crippen molar-refractivity contribution in [2.75, 3.05) is 5.75 Å². The van der Waals surface area contributed by atoms with Crippen LogP contribution < -0.4 is 0 Å². The Hall–Kier alpha value is -1.47. The van der Waals surface area contributed by atoms with Crippen LogP contribution in [-0.2, 0) is 0 Å². The van der Waals surface area contributed by atoms with Gasteiger partial charge >= 0.3 is 0 Å². The van der Waals surface area contributed by atoms with E-state index in [2.05, 4.69) is 83.7 Å². The molecule has 22 heavy (non-hydrogen) atoms. The minimum absolute atomic E-state index is 1.03. The molecule has 0 aliphatic carbocycles. The molecule has 1 aromatic rings. The summed E-state index contributed by atoms with van der Waals surface area (Å²) < 4.78 is 0. The summed E-state index contributed by atoms with van der Waals surface area (Å²) in [5, 5.41) is 0. The van der Waals surface area contributed by atoms with Crippen LogP contribution in [0.1, 0.15) is 45.2 Å². The van der Waals surface area contributed by atoms with Crippen LogP contribution in [0.15, 0.2) is 65.1 Å². The molecule has 0 saturated heterocycles. The standard InChI is InChI=1S/C21H28S/c1-7-10-19(18-13-11-17(6)12-14-18)15-21(22-9-3)20(8-2)16(4)5/h8,10-15H,4,7,9H2,1-3,5-6H3/b19-10+,20-8-,21-15+. The molecule has 0 unspecified atom stereocenters. The van der Waals surface area contributed by atoms with Gasteiger partial charge in [0.25, 0.3) is 0 Å². The lowest BCUT2D eigenvalue weighted by atomic mass is 10.0. The van der Waals surface area contributed by atoms with Crippen molar-refractivity contribution in [3.05, 3.63) is 76.3 Å². The van der Waals surface area contributed by atoms with Crippen molar-refractivity contribution in [3.63, 3.8) is 0 Å². The molecule has 0 saturated carbocycles. The van der Waals surface area contributed by atoms with Crippen molar-refractivity contribution in [2.45, 2.75) is 41.0 Å². The van der Waals surface area contributed by atoms with Gasteiger partial charge < -0.3 is 0 Å². The summed E-state index contributed by atoms with van der Waals surface area (Å²) in [6.07, 6.45) is 7.80. The molecule has 118 valence electrons. The van der Waals surface area contributed by atoms with Crippen LogP contribution >= 0.6 is 11.8 Å². The normalized spacial score (nSPS) is 13.4. The number of rotatable bonds is 7. The quantitative estimate of drug-likeness (QED) is 0.491. The van der Waals surface area contributed by atoms with Gasteiger partial charge in [-0.05, 0) is 55.7 Å². The zero-order valence-corrected chi connectivity index (χ0v) is 15.4. The molecule has 0 atom stereocenters. The van der Waals surface area contributed by atoms with Crippen LogP contribution in [0, 0.1) is 6.92 Å². The SMILES string of the molecule is C=C(C)C(=C/C)/C(=C\C(=C/CC)c1ccc(C)cc1)SCC. The van der Waals surface area contributed by atoms with Gasteiger partial charge in [0.1, 0.15) is 0 Å². The zero-order valence-electron chi connectivity index (χ0n) is 14.6. The van der Waals surface area contributed by atoms with Crippen molar-refractivity contribution < 1.29 is 0 Å². The summed E-state index contributed by atoms with van der Waals surface area (Å²) in [5.74, 6) is 1.06. The fourth-order valence-corrected chi connectivity index (χ4v) is 3.29. The highest BCUT2D eigenvalue weighted by Crippen LogP contribution is 2.32. The second-order valence-corrected chi connectivity index (χ2v) is 6.66. The van der Waals surface area contributed by atoms with Crippen molar-refractivity contribution in [1.82, 2.24) is 0 Å². The Morgan fingerprint density at radius 3 is 2.27 bits per heavy atom. The van der Waals surface area contributed by atoms with Gasteiger partial charge in [-0.25, -0.2) is 0 Å². The molecule has 1 heteroatoms. The summed E-state index contributed by atoms with van der Waals surface area (Å²) in [6.45, 7) is 14.8. The maximum atomic E-state index is 4.13. The average Bonchev–Trinajstić information content (AvgIpc) is 2.48. The third-order valence-electron chi connectivity index (χ3n) is 3.41. The van der Waals surface area contributed by atoms with E-state index in [1.54, 1.807) is 0 Å². The summed E-state index contributed by atoms with van der Waals surface area (Å²) in [6, 6.07) is 8.76. The Kier molecular flexibility index (Phi) is 8.05. The van der Waals surface area contributed by atoms with Gasteiger partial charge in [0.05, 0.1) is 0 Å². The molecule has 0 nitrogen and oxygen atoms in total. The van der Waals surface area contributed by atoms with E-state index in [1.807, 2.05) is 11.8 Å². The lowest BCUT2D eigenvalue weighted by molar-refractivity contribution is 1.23. The highest BCUT2D eigenvalue weighted by Gasteiger charge is 2.08. The van der Waals surface area contributed by atoms with E-state index in [1.165, 1.54) is 27.2 Å². The van der Waals surface area contributed by atoms with Crippen LogP contribution in [0.2, 0.25) is 0 Å². The van der Waals surface area contributed by atoms with Crippen molar-refractivity contribution in [3.8, 4) is 0 Å². The minimum Gasteiger partial charge on any atom is -0.126 e. The maximum absolute atomic E-state index is 4.13. The Balaban J connectivity index is 3.31. The number of allylic oxidation sites excluding steroid dienone is 6. The van der Waals surface area contributed by atoms with Crippen molar-refractivity contribution in [2.24, 2.45) is 0 Å². The van der Waals surface area contributed by atoms with Gasteiger partial charge in [0.15, 0.2) is 0 Å². The zero-order chi connectivity index (χ0) is 16.5. The molecule has 0 aromatic heterocycles. The lowest BCUT2D eigenvalue weighted by Gasteiger charge is -2.13. The highest BCUT2D eigenvalue weighted by atomic mass is 32.2. The van der Waals surface area contributed by atoms with Crippen LogP contribution in [0.5, 0.6) is 0 Å². The smallest absolute Gasteiger partial charge is 0.0149 e. The summed E-state index contributed by atoms with van der Waals surface area (Å²) in [5.41, 5.74) is 6.23. The second kappa shape index (κ2) is 9.53. The summed E-state index contributed by atoms with van der Waals surface area (Å²) in [7, 11) is 0. The summed E-state index contributed by atoms with van der Waals surface area (Å²) in [4.78, 5) is 1.30. The van der Waals surface area contributed by atoms with Crippen LogP contribution in [-0.4, -0.2) is 5.75 Å². The maximum Gasteiger partial charge on any atom is 0.0149 e. The number of benzene rings is 1. The van der Waals surface area contributed by atoms with E-state index >= 15 is 0 Å². The molecule has 0 heterocycles. The van der Waals surface area contributed by atoms with E-state index in [9.17, 15) is 0 Å². The van der Waals surface area contributed by atoms with Crippen LogP contribution in [0.3, 0.4) is 0 Å². The average molecular weight is 313 g/mol. The molecule has 0 aliphatic heterocycles. The summed E-state index contributed by atoms with van der Waals surface area (Å²) >= 11 is 1.88. The third-order valence-corrected chi connectivity index (χ3v) is 4.35.